The fourth-order valence-electron chi connectivity index (χ4n) is 1.27. The van der Waals surface area contributed by atoms with Crippen LogP contribution in [0.4, 0.5) is 0 Å². The van der Waals surface area contributed by atoms with Gasteiger partial charge in [0.25, 0.3) is 0 Å². The molecule has 14 heavy (non-hydrogen) atoms. The molecule has 0 fully saturated rings. The first-order chi connectivity index (χ1) is 6.29. The van der Waals surface area contributed by atoms with E-state index in [-0.39, 0.29) is 24.4 Å². The van der Waals surface area contributed by atoms with Crippen LogP contribution < -0.4 is 24.0 Å². The number of carboxylic acids is 1. The summed E-state index contributed by atoms with van der Waals surface area (Å²) in [7, 11) is 0. The predicted molar refractivity (Wildman–Crippen MR) is 46.1 cm³/mol. The van der Waals surface area contributed by atoms with Gasteiger partial charge >= 0.3 is 18.9 Å². The predicted octanol–water partition coefficient (Wildman–Crippen LogP) is -2.40. The number of fused-ring (bicyclic) bond motifs is 1. The Balaban J connectivity index is 0.000000980. The molecule has 0 unspecified atom stereocenters. The second-order valence-electron chi connectivity index (χ2n) is 2.67. The van der Waals surface area contributed by atoms with Gasteiger partial charge in [0.2, 0.25) is 0 Å². The molecule has 0 amide bonds. The largest absolute Gasteiger partial charge is 1.00 e. The summed E-state index contributed by atoms with van der Waals surface area (Å²) in [5.74, 6) is -1.19. The van der Waals surface area contributed by atoms with Crippen LogP contribution in [0.5, 0.6) is 0 Å². The fraction of sp³-hybridized carbons (Fsp3) is 0. The summed E-state index contributed by atoms with van der Waals surface area (Å²) >= 11 is 0. The Morgan fingerprint density at radius 3 is 2.64 bits per heavy atom. The Hall–Kier alpha value is -1.30. The molecule has 0 atom stereocenters. The Kier molecular flexibility index (Phi) is 3.29. The van der Waals surface area contributed by atoms with Crippen LogP contribution in [0.25, 0.3) is 10.9 Å². The third-order valence-electron chi connectivity index (χ3n) is 1.85. The van der Waals surface area contributed by atoms with Crippen LogP contribution in [0.15, 0.2) is 36.5 Å². The molecule has 3 nitrogen and oxygen atoms in total. The zero-order valence-corrected chi connectivity index (χ0v) is 7.73. The van der Waals surface area contributed by atoms with Crippen LogP contribution in [-0.2, 0) is 0 Å². The summed E-state index contributed by atoms with van der Waals surface area (Å²) in [4.78, 5) is 14.6. The number of hydrogen-bond donors (Lipinski definition) is 0. The summed E-state index contributed by atoms with van der Waals surface area (Å²) in [6, 6.07) is 8.56. The minimum absolute atomic E-state index is 0. The van der Waals surface area contributed by atoms with Crippen LogP contribution in [0.1, 0.15) is 10.4 Å². The molecular formula is C10H6LiNO2. The number of nitrogens with zero attached hydrogens (tertiary/aromatic N) is 1. The molecule has 0 aliphatic heterocycles. The Bertz CT molecular complexity index is 465. The minimum Gasteiger partial charge on any atom is -0.545 e. The van der Waals surface area contributed by atoms with Gasteiger partial charge in [-0.25, -0.2) is 0 Å². The van der Waals surface area contributed by atoms with E-state index in [9.17, 15) is 9.90 Å². The first kappa shape index (κ1) is 10.8. The minimum atomic E-state index is -1.19. The molecule has 2 aromatic rings. The Morgan fingerprint density at radius 1 is 1.21 bits per heavy atom. The average Bonchev–Trinajstić information content (AvgIpc) is 2.17. The van der Waals surface area contributed by atoms with Crippen molar-refractivity contribution < 1.29 is 28.8 Å². The Labute approximate surface area is 93.0 Å². The van der Waals surface area contributed by atoms with Gasteiger partial charge < -0.3 is 9.90 Å². The van der Waals surface area contributed by atoms with E-state index >= 15 is 0 Å². The Morgan fingerprint density at radius 2 is 1.93 bits per heavy atom. The molecular weight excluding hydrogens is 173 g/mol. The molecule has 0 N–H and O–H groups in total. The number of para-hydroxylation sites is 1. The van der Waals surface area contributed by atoms with Crippen molar-refractivity contribution in [2.45, 2.75) is 0 Å². The zero-order valence-electron chi connectivity index (χ0n) is 7.73. The third kappa shape index (κ3) is 1.79. The fourth-order valence-corrected chi connectivity index (χ4v) is 1.27. The van der Waals surface area contributed by atoms with Crippen molar-refractivity contribution in [2.75, 3.05) is 0 Å². The summed E-state index contributed by atoms with van der Waals surface area (Å²) in [6.07, 6.45) is 1.56. The van der Waals surface area contributed by atoms with Crippen LogP contribution in [0.2, 0.25) is 0 Å². The number of carbonyl (C=O) groups excluding carboxylic acids is 1. The van der Waals surface area contributed by atoms with Crippen molar-refractivity contribution in [3.8, 4) is 0 Å². The van der Waals surface area contributed by atoms with Gasteiger partial charge in [-0.05, 0) is 6.07 Å². The van der Waals surface area contributed by atoms with Gasteiger partial charge in [0.1, 0.15) is 0 Å². The number of carbonyl (C=O) groups is 1. The topological polar surface area (TPSA) is 53.0 Å². The van der Waals surface area contributed by atoms with E-state index < -0.39 is 5.97 Å². The summed E-state index contributed by atoms with van der Waals surface area (Å²) in [5.41, 5.74) is 0.614. The van der Waals surface area contributed by atoms with Crippen LogP contribution >= 0.6 is 0 Å². The second-order valence-corrected chi connectivity index (χ2v) is 2.67. The van der Waals surface area contributed by atoms with Gasteiger partial charge in [-0.2, -0.15) is 0 Å². The van der Waals surface area contributed by atoms with Crippen LogP contribution in [-0.4, -0.2) is 11.0 Å². The maximum absolute atomic E-state index is 10.7. The van der Waals surface area contributed by atoms with E-state index in [1.54, 1.807) is 18.3 Å². The molecule has 64 valence electrons. The van der Waals surface area contributed by atoms with Crippen LogP contribution in [0.3, 0.4) is 0 Å². The van der Waals surface area contributed by atoms with Crippen molar-refractivity contribution in [2.24, 2.45) is 0 Å². The quantitative estimate of drug-likeness (QED) is 0.459. The number of carboxylic acid groups (broad SMARTS) is 1. The number of benzene rings is 1. The molecule has 0 spiro atoms. The molecule has 1 aromatic carbocycles. The SMILES string of the molecule is O=C([O-])c1cccc2cccnc12.[Li+]. The van der Waals surface area contributed by atoms with Gasteiger partial charge in [0.15, 0.2) is 0 Å². The van der Waals surface area contributed by atoms with Gasteiger partial charge in [-0.15, -0.1) is 0 Å². The zero-order chi connectivity index (χ0) is 9.26. The van der Waals surface area contributed by atoms with Crippen molar-refractivity contribution in [1.29, 1.82) is 0 Å². The first-order valence-corrected chi connectivity index (χ1v) is 3.84. The molecule has 4 heteroatoms. The molecule has 0 aliphatic carbocycles. The standard InChI is InChI=1S/C10H7NO2.Li/c12-10(13)8-5-1-3-7-4-2-6-11-9(7)8;/h1-6H,(H,12,13);/q;+1/p-1. The first-order valence-electron chi connectivity index (χ1n) is 3.84. The molecule has 0 radical (unpaired) electrons. The van der Waals surface area contributed by atoms with E-state index in [1.807, 2.05) is 12.1 Å². The third-order valence-corrected chi connectivity index (χ3v) is 1.85. The number of aromatic carboxylic acids is 1. The number of aromatic nitrogens is 1. The second kappa shape index (κ2) is 4.27. The molecule has 0 bridgehead atoms. The van der Waals surface area contributed by atoms with Gasteiger partial charge in [0.05, 0.1) is 11.5 Å². The summed E-state index contributed by atoms with van der Waals surface area (Å²) in [5, 5.41) is 11.5. The normalized spacial score (nSPS) is 9.43. The van der Waals surface area contributed by atoms with E-state index in [0.717, 1.165) is 5.39 Å². The van der Waals surface area contributed by atoms with Crippen molar-refractivity contribution >= 4 is 16.9 Å². The van der Waals surface area contributed by atoms with Gasteiger partial charge in [-0.3, -0.25) is 4.98 Å². The summed E-state index contributed by atoms with van der Waals surface area (Å²) < 4.78 is 0. The van der Waals surface area contributed by atoms with Gasteiger partial charge in [0, 0.05) is 17.1 Å². The van der Waals surface area contributed by atoms with E-state index in [1.165, 1.54) is 6.07 Å². The van der Waals surface area contributed by atoms with E-state index in [4.69, 9.17) is 0 Å². The summed E-state index contributed by atoms with van der Waals surface area (Å²) in [6.45, 7) is 0. The molecule has 0 aliphatic rings. The molecule has 0 saturated heterocycles. The van der Waals surface area contributed by atoms with E-state index in [2.05, 4.69) is 4.98 Å². The molecule has 1 heterocycles. The van der Waals surface area contributed by atoms with E-state index in [0.29, 0.717) is 5.52 Å². The maximum atomic E-state index is 10.7. The van der Waals surface area contributed by atoms with Crippen molar-refractivity contribution in [1.82, 2.24) is 4.98 Å². The number of hydrogen-bond acceptors (Lipinski definition) is 3. The molecule has 1 aromatic heterocycles. The monoisotopic (exact) mass is 179 g/mol. The molecule has 2 rings (SSSR count). The average molecular weight is 179 g/mol. The van der Waals surface area contributed by atoms with Crippen LogP contribution in [0, 0.1) is 0 Å². The number of pyridine rings is 1. The number of rotatable bonds is 1. The maximum Gasteiger partial charge on any atom is 1.00 e. The van der Waals surface area contributed by atoms with Crippen molar-refractivity contribution in [3.05, 3.63) is 42.1 Å². The molecule has 0 saturated carbocycles. The van der Waals surface area contributed by atoms with Gasteiger partial charge in [-0.1, -0.05) is 24.3 Å². The smallest absolute Gasteiger partial charge is 0.545 e. The van der Waals surface area contributed by atoms with Crippen molar-refractivity contribution in [3.63, 3.8) is 0 Å².